The van der Waals surface area contributed by atoms with Gasteiger partial charge in [-0.25, -0.2) is 0 Å². The number of likely N-dealkylation sites (N-methyl/N-ethyl adjacent to an activating group) is 1. The van der Waals surface area contributed by atoms with Crippen molar-refractivity contribution < 1.29 is 28.7 Å². The number of hydrogen-bond acceptors (Lipinski definition) is 9. The van der Waals surface area contributed by atoms with E-state index in [2.05, 4.69) is 35.1 Å². The fourth-order valence-electron chi connectivity index (χ4n) is 3.06. The summed E-state index contributed by atoms with van der Waals surface area (Å²) in [5, 5.41) is 11.3. The van der Waals surface area contributed by atoms with Crippen molar-refractivity contribution in [3.05, 3.63) is 0 Å². The Balaban J connectivity index is 4.30. The highest BCUT2D eigenvalue weighted by atomic mass is 33.1. The topological polar surface area (TPSA) is 146 Å². The van der Waals surface area contributed by atoms with E-state index in [-0.39, 0.29) is 58.6 Å². The number of amides is 4. The molecule has 41 heavy (non-hydrogen) atoms. The molecule has 0 rings (SSSR count). The number of nitrogens with zero attached hydrogens (tertiary/aromatic N) is 1. The van der Waals surface area contributed by atoms with Gasteiger partial charge in [0.1, 0.15) is 12.6 Å². The first-order chi connectivity index (χ1) is 18.8. The molecule has 1 atom stereocenters. The molecule has 0 unspecified atom stereocenters. The van der Waals surface area contributed by atoms with E-state index in [1.54, 1.807) is 42.4 Å². The maximum atomic E-state index is 12.4. The predicted molar refractivity (Wildman–Crippen MR) is 167 cm³/mol. The summed E-state index contributed by atoms with van der Waals surface area (Å²) < 4.78 is 4.91. The zero-order valence-electron chi connectivity index (χ0n) is 26.6. The smallest absolute Gasteiger partial charge is 0.308 e. The first-order valence-corrected chi connectivity index (χ1v) is 16.3. The molecule has 13 heteroatoms. The van der Waals surface area contributed by atoms with Gasteiger partial charge in [0, 0.05) is 50.3 Å². The maximum Gasteiger partial charge on any atom is 0.308 e. The van der Waals surface area contributed by atoms with E-state index in [1.165, 1.54) is 11.9 Å². The van der Waals surface area contributed by atoms with Crippen LogP contribution in [0.2, 0.25) is 0 Å². The molecule has 238 valence electrons. The summed E-state index contributed by atoms with van der Waals surface area (Å²) in [6.45, 7) is 18.8. The molecule has 0 aliphatic heterocycles. The Labute approximate surface area is 254 Å². The van der Waals surface area contributed by atoms with Crippen LogP contribution >= 0.6 is 21.6 Å². The molecule has 0 aromatic heterocycles. The summed E-state index contributed by atoms with van der Waals surface area (Å²) in [6.07, 6.45) is 1.00. The lowest BCUT2D eigenvalue weighted by Crippen LogP contribution is -2.49. The van der Waals surface area contributed by atoms with Crippen LogP contribution in [0.3, 0.4) is 0 Å². The number of nitrogens with one attached hydrogen (secondary N) is 4. The second-order valence-corrected chi connectivity index (χ2v) is 15.5. The summed E-state index contributed by atoms with van der Waals surface area (Å²) in [5.74, 6) is -1.55. The van der Waals surface area contributed by atoms with E-state index >= 15 is 0 Å². The quantitative estimate of drug-likeness (QED) is 0.0917. The van der Waals surface area contributed by atoms with Crippen molar-refractivity contribution in [3.63, 3.8) is 0 Å². The standard InChI is InChI=1S/C28H53N5O6S2/c1-19(2)26(38)39-18-28(8,9)41-40-27(6,7)13-11-22(34)30-14-12-24(36)33(10)17-23(35)32-21(5)25(37)31-16-15-29-20(3)4/h19-21,29H,11-18H2,1-10H3,(H,30,34)(H,31,37)(H,32,35)/t21-/m0/s1. The van der Waals surface area contributed by atoms with Crippen LogP contribution in [0.25, 0.3) is 0 Å². The highest BCUT2D eigenvalue weighted by Gasteiger charge is 2.28. The van der Waals surface area contributed by atoms with Crippen LogP contribution in [0.1, 0.15) is 81.6 Å². The second kappa shape index (κ2) is 19.2. The first-order valence-electron chi connectivity index (χ1n) is 14.2. The largest absolute Gasteiger partial charge is 0.464 e. The minimum absolute atomic E-state index is 0.0612. The number of esters is 1. The molecule has 11 nitrogen and oxygen atoms in total. The summed E-state index contributed by atoms with van der Waals surface area (Å²) in [4.78, 5) is 62.2. The minimum Gasteiger partial charge on any atom is -0.464 e. The molecule has 4 amide bonds. The number of hydrogen-bond donors (Lipinski definition) is 4. The molecule has 0 radical (unpaired) electrons. The van der Waals surface area contributed by atoms with E-state index < -0.39 is 11.9 Å². The Kier molecular flexibility index (Phi) is 18.3. The first kappa shape index (κ1) is 39.0. The normalized spacial score (nSPS) is 12.6. The molecule has 0 aromatic rings. The van der Waals surface area contributed by atoms with Crippen molar-refractivity contribution >= 4 is 51.2 Å². The van der Waals surface area contributed by atoms with Gasteiger partial charge < -0.3 is 30.9 Å². The van der Waals surface area contributed by atoms with Gasteiger partial charge in [-0.2, -0.15) is 0 Å². The Morgan fingerprint density at radius 3 is 2.00 bits per heavy atom. The zero-order valence-corrected chi connectivity index (χ0v) is 28.2. The molecule has 0 aliphatic carbocycles. The lowest BCUT2D eigenvalue weighted by atomic mass is 10.1. The third-order valence-corrected chi connectivity index (χ3v) is 9.96. The minimum atomic E-state index is -0.723. The molecular formula is C28H53N5O6S2. The zero-order chi connectivity index (χ0) is 31.8. The van der Waals surface area contributed by atoms with Gasteiger partial charge in [-0.1, -0.05) is 49.3 Å². The average Bonchev–Trinajstić information content (AvgIpc) is 2.87. The van der Waals surface area contributed by atoms with Crippen LogP contribution in [-0.2, 0) is 28.7 Å². The van der Waals surface area contributed by atoms with E-state index in [1.807, 2.05) is 27.7 Å². The molecule has 4 N–H and O–H groups in total. The molecular weight excluding hydrogens is 566 g/mol. The fourth-order valence-corrected chi connectivity index (χ4v) is 5.55. The maximum absolute atomic E-state index is 12.4. The van der Waals surface area contributed by atoms with Gasteiger partial charge in [0.05, 0.1) is 17.2 Å². The fraction of sp³-hybridized carbons (Fsp3) is 0.821. The van der Waals surface area contributed by atoms with Gasteiger partial charge in [0.2, 0.25) is 23.6 Å². The predicted octanol–water partition coefficient (Wildman–Crippen LogP) is 2.49. The van der Waals surface area contributed by atoms with E-state index in [4.69, 9.17) is 4.74 Å². The summed E-state index contributed by atoms with van der Waals surface area (Å²) >= 11 is 0. The van der Waals surface area contributed by atoms with Gasteiger partial charge in [0.25, 0.3) is 0 Å². The molecule has 0 fully saturated rings. The number of carbonyl (C=O) groups is 5. The molecule has 0 saturated heterocycles. The van der Waals surface area contributed by atoms with Crippen molar-refractivity contribution in [3.8, 4) is 0 Å². The third-order valence-electron chi connectivity index (χ3n) is 5.70. The van der Waals surface area contributed by atoms with Gasteiger partial charge in [-0.15, -0.1) is 0 Å². The van der Waals surface area contributed by atoms with Crippen LogP contribution < -0.4 is 21.3 Å². The summed E-state index contributed by atoms with van der Waals surface area (Å²) in [5.41, 5.74) is 0. The summed E-state index contributed by atoms with van der Waals surface area (Å²) in [6, 6.07) is -0.404. The van der Waals surface area contributed by atoms with Crippen LogP contribution in [0.5, 0.6) is 0 Å². The van der Waals surface area contributed by atoms with E-state index in [0.29, 0.717) is 38.6 Å². The molecule has 0 spiro atoms. The third kappa shape index (κ3) is 19.7. The van der Waals surface area contributed by atoms with Crippen molar-refractivity contribution in [2.24, 2.45) is 5.92 Å². The van der Waals surface area contributed by atoms with Crippen LogP contribution in [-0.4, -0.2) is 95.9 Å². The van der Waals surface area contributed by atoms with Crippen molar-refractivity contribution in [1.82, 2.24) is 26.2 Å². The van der Waals surface area contributed by atoms with Crippen LogP contribution in [0.4, 0.5) is 0 Å². The van der Waals surface area contributed by atoms with Crippen LogP contribution in [0.15, 0.2) is 0 Å². The van der Waals surface area contributed by atoms with E-state index in [9.17, 15) is 24.0 Å². The molecule has 0 saturated carbocycles. The second-order valence-electron chi connectivity index (χ2n) is 12.0. The van der Waals surface area contributed by atoms with Gasteiger partial charge in [0.15, 0.2) is 0 Å². The Bertz CT molecular complexity index is 867. The van der Waals surface area contributed by atoms with E-state index in [0.717, 1.165) is 0 Å². The summed E-state index contributed by atoms with van der Waals surface area (Å²) in [7, 11) is 4.80. The molecule has 0 aromatic carbocycles. The highest BCUT2D eigenvalue weighted by Crippen LogP contribution is 2.45. The Morgan fingerprint density at radius 2 is 1.41 bits per heavy atom. The lowest BCUT2D eigenvalue weighted by molar-refractivity contribution is -0.148. The highest BCUT2D eigenvalue weighted by molar-refractivity contribution is 8.77. The Morgan fingerprint density at radius 1 is 0.805 bits per heavy atom. The molecule has 0 aliphatic rings. The average molecular weight is 620 g/mol. The van der Waals surface area contributed by atoms with Gasteiger partial charge in [-0.05, 0) is 41.0 Å². The number of ether oxygens (including phenoxy) is 1. The van der Waals surface area contributed by atoms with Gasteiger partial charge >= 0.3 is 5.97 Å². The van der Waals surface area contributed by atoms with Crippen molar-refractivity contribution in [2.75, 3.05) is 39.8 Å². The molecule has 0 bridgehead atoms. The van der Waals surface area contributed by atoms with Gasteiger partial charge in [-0.3, -0.25) is 24.0 Å². The lowest BCUT2D eigenvalue weighted by Gasteiger charge is -2.29. The Hall–Kier alpha value is -1.99. The number of rotatable bonds is 20. The van der Waals surface area contributed by atoms with Crippen molar-refractivity contribution in [2.45, 2.75) is 103 Å². The monoisotopic (exact) mass is 619 g/mol. The molecule has 0 heterocycles. The van der Waals surface area contributed by atoms with Crippen LogP contribution in [0, 0.1) is 5.92 Å². The number of carbonyl (C=O) groups excluding carboxylic acids is 5. The van der Waals surface area contributed by atoms with Crippen molar-refractivity contribution in [1.29, 1.82) is 0 Å². The SMILES string of the molecule is CC(C)NCCNC(=O)[C@H](C)NC(=O)CN(C)C(=O)CCNC(=O)CCC(C)(C)SSC(C)(C)COC(=O)C(C)C.